The van der Waals surface area contributed by atoms with Crippen LogP contribution in [-0.4, -0.2) is 16.1 Å². The molecule has 128 valence electrons. The van der Waals surface area contributed by atoms with Gasteiger partial charge in [0, 0.05) is 16.1 Å². The number of nitrogens with zero attached hydrogens (tertiary/aromatic N) is 2. The lowest BCUT2D eigenvalue weighted by Crippen LogP contribution is -2.26. The van der Waals surface area contributed by atoms with Gasteiger partial charge in [0.1, 0.15) is 5.82 Å². The van der Waals surface area contributed by atoms with E-state index in [1.165, 1.54) is 18.5 Å². The monoisotopic (exact) mass is 379 g/mol. The van der Waals surface area contributed by atoms with E-state index in [9.17, 15) is 9.18 Å². The molecule has 0 spiro atoms. The lowest BCUT2D eigenvalue weighted by Gasteiger charge is -2.16. The molecule has 0 aliphatic heterocycles. The fourth-order valence-corrected chi connectivity index (χ4v) is 2.84. The van der Waals surface area contributed by atoms with E-state index in [1.807, 2.05) is 0 Å². The van der Waals surface area contributed by atoms with Crippen LogP contribution in [0.3, 0.4) is 0 Å². The van der Waals surface area contributed by atoms with E-state index < -0.39 is 11.9 Å². The van der Waals surface area contributed by atoms with E-state index in [0.717, 1.165) is 0 Å². The molecule has 1 N–H and O–H groups in total. The fourth-order valence-electron chi connectivity index (χ4n) is 2.29. The van der Waals surface area contributed by atoms with Crippen LogP contribution in [0.25, 0.3) is 11.5 Å². The highest BCUT2D eigenvalue weighted by Gasteiger charge is 2.16. The summed E-state index contributed by atoms with van der Waals surface area (Å²) in [5.41, 5.74) is 1.57. The number of hydrogen-bond acceptors (Lipinski definition) is 4. The van der Waals surface area contributed by atoms with E-state index in [0.29, 0.717) is 22.6 Å². The van der Waals surface area contributed by atoms with Gasteiger partial charge in [-0.3, -0.25) is 4.79 Å². The highest BCUT2D eigenvalue weighted by atomic mass is 35.5. The van der Waals surface area contributed by atoms with Crippen molar-refractivity contribution in [2.45, 2.75) is 13.0 Å². The molecule has 1 aromatic heterocycles. The first kappa shape index (κ1) is 17.4. The normalized spacial score (nSPS) is 12.0. The third kappa shape index (κ3) is 3.81. The predicted molar refractivity (Wildman–Crippen MR) is 92.0 cm³/mol. The Hall–Kier alpha value is -2.44. The van der Waals surface area contributed by atoms with Gasteiger partial charge in [0.05, 0.1) is 11.1 Å². The van der Waals surface area contributed by atoms with Crippen LogP contribution in [-0.2, 0) is 0 Å². The number of nitrogens with one attached hydrogen (secondary N) is 1. The van der Waals surface area contributed by atoms with E-state index in [4.69, 9.17) is 27.6 Å². The molecule has 1 heterocycles. The lowest BCUT2D eigenvalue weighted by molar-refractivity contribution is 0.0940. The van der Waals surface area contributed by atoms with Gasteiger partial charge in [-0.2, -0.15) is 0 Å². The second-order valence-corrected chi connectivity index (χ2v) is 6.12. The Labute approximate surface area is 152 Å². The van der Waals surface area contributed by atoms with Crippen molar-refractivity contribution in [1.29, 1.82) is 0 Å². The molecule has 0 aliphatic carbocycles. The molecule has 0 fully saturated rings. The zero-order valence-corrected chi connectivity index (χ0v) is 14.5. The summed E-state index contributed by atoms with van der Waals surface area (Å²) in [5, 5.41) is 10.4. The van der Waals surface area contributed by atoms with Crippen LogP contribution >= 0.6 is 23.2 Å². The minimum atomic E-state index is -0.592. The number of amides is 1. The number of halogens is 3. The minimum Gasteiger partial charge on any atom is -0.423 e. The van der Waals surface area contributed by atoms with Crippen molar-refractivity contribution < 1.29 is 13.6 Å². The van der Waals surface area contributed by atoms with Crippen molar-refractivity contribution in [3.05, 3.63) is 69.8 Å². The van der Waals surface area contributed by atoms with Gasteiger partial charge >= 0.3 is 0 Å². The van der Waals surface area contributed by atoms with Crippen LogP contribution in [0, 0.1) is 5.82 Å². The van der Waals surface area contributed by atoms with E-state index in [1.54, 1.807) is 31.2 Å². The average molecular weight is 380 g/mol. The van der Waals surface area contributed by atoms with Gasteiger partial charge in [0.25, 0.3) is 5.91 Å². The van der Waals surface area contributed by atoms with Crippen molar-refractivity contribution in [2.75, 3.05) is 0 Å². The minimum absolute atomic E-state index is 0.0658. The van der Waals surface area contributed by atoms with Crippen LogP contribution in [0.15, 0.2) is 47.2 Å². The number of benzene rings is 2. The fraction of sp³-hybridized carbons (Fsp3) is 0.118. The molecule has 0 bridgehead atoms. The molecule has 0 aliphatic rings. The molecule has 0 saturated heterocycles. The van der Waals surface area contributed by atoms with Crippen molar-refractivity contribution in [3.63, 3.8) is 0 Å². The summed E-state index contributed by atoms with van der Waals surface area (Å²) < 4.78 is 18.7. The van der Waals surface area contributed by atoms with Gasteiger partial charge in [-0.25, -0.2) is 4.39 Å². The molecule has 1 amide bonds. The summed E-state index contributed by atoms with van der Waals surface area (Å²) in [6, 6.07) is 8.69. The molecule has 8 heteroatoms. The van der Waals surface area contributed by atoms with Crippen molar-refractivity contribution in [3.8, 4) is 11.5 Å². The zero-order chi connectivity index (χ0) is 18.0. The van der Waals surface area contributed by atoms with Crippen molar-refractivity contribution >= 4 is 29.1 Å². The quantitative estimate of drug-likeness (QED) is 0.668. The van der Waals surface area contributed by atoms with Crippen LogP contribution in [0.2, 0.25) is 10.0 Å². The molecule has 3 rings (SSSR count). The summed E-state index contributed by atoms with van der Waals surface area (Å²) in [6.45, 7) is 1.71. The molecule has 2 aromatic carbocycles. The summed E-state index contributed by atoms with van der Waals surface area (Å²) in [5.74, 6) is -0.550. The number of aromatic nitrogens is 2. The van der Waals surface area contributed by atoms with Crippen LogP contribution in [0.4, 0.5) is 4.39 Å². The Balaban J connectivity index is 1.74. The number of hydrogen-bond donors (Lipinski definition) is 1. The summed E-state index contributed by atoms with van der Waals surface area (Å²) in [4.78, 5) is 12.4. The van der Waals surface area contributed by atoms with E-state index in [2.05, 4.69) is 15.5 Å². The van der Waals surface area contributed by atoms with Crippen LogP contribution in [0.1, 0.15) is 28.9 Å². The number of rotatable bonds is 4. The second kappa shape index (κ2) is 7.21. The van der Waals surface area contributed by atoms with E-state index >= 15 is 0 Å². The maximum atomic E-state index is 13.6. The average Bonchev–Trinajstić information content (AvgIpc) is 3.12. The third-order valence-corrected chi connectivity index (χ3v) is 4.22. The van der Waals surface area contributed by atoms with Gasteiger partial charge in [0.15, 0.2) is 0 Å². The van der Waals surface area contributed by atoms with Gasteiger partial charge in [-0.15, -0.1) is 10.2 Å². The first-order valence-electron chi connectivity index (χ1n) is 7.27. The van der Waals surface area contributed by atoms with Crippen LogP contribution < -0.4 is 5.32 Å². The molecular formula is C17H12Cl2FN3O2. The highest BCUT2D eigenvalue weighted by Crippen LogP contribution is 2.28. The highest BCUT2D eigenvalue weighted by molar-refractivity contribution is 6.35. The second-order valence-electron chi connectivity index (χ2n) is 5.30. The Morgan fingerprint density at radius 3 is 2.56 bits per heavy atom. The summed E-state index contributed by atoms with van der Waals surface area (Å²) in [7, 11) is 0. The molecular weight excluding hydrogens is 368 g/mol. The van der Waals surface area contributed by atoms with E-state index in [-0.39, 0.29) is 16.0 Å². The topological polar surface area (TPSA) is 68.0 Å². The summed E-state index contributed by atoms with van der Waals surface area (Å²) >= 11 is 11.8. The van der Waals surface area contributed by atoms with Crippen molar-refractivity contribution in [2.24, 2.45) is 0 Å². The predicted octanol–water partition coefficient (Wildman–Crippen LogP) is 4.67. The van der Waals surface area contributed by atoms with Crippen molar-refractivity contribution in [1.82, 2.24) is 15.5 Å². The Bertz CT molecular complexity index is 899. The number of carbonyl (C=O) groups is 1. The van der Waals surface area contributed by atoms with Gasteiger partial charge in [-0.1, -0.05) is 23.2 Å². The Kier molecular flexibility index (Phi) is 5.01. The SMILES string of the molecule is C[C@H](NC(=O)c1ccc(-c2nnco2)cc1)c1cc(F)c(Cl)cc1Cl. The smallest absolute Gasteiger partial charge is 0.251 e. The first-order valence-corrected chi connectivity index (χ1v) is 8.03. The standard InChI is InChI=1S/C17H12Cl2FN3O2/c1-9(12-6-15(20)14(19)7-13(12)18)22-16(24)10-2-4-11(5-3-10)17-23-21-8-25-17/h2-9H,1H3,(H,22,24)/t9-/m0/s1. The zero-order valence-electron chi connectivity index (χ0n) is 13.0. The van der Waals surface area contributed by atoms with Crippen LogP contribution in [0.5, 0.6) is 0 Å². The van der Waals surface area contributed by atoms with Gasteiger partial charge in [-0.05, 0) is 48.9 Å². The molecule has 0 saturated carbocycles. The maximum absolute atomic E-state index is 13.6. The largest absolute Gasteiger partial charge is 0.423 e. The molecule has 0 radical (unpaired) electrons. The molecule has 1 atom stereocenters. The Morgan fingerprint density at radius 1 is 1.20 bits per heavy atom. The number of carbonyl (C=O) groups excluding carboxylic acids is 1. The summed E-state index contributed by atoms with van der Waals surface area (Å²) in [6.07, 6.45) is 1.23. The lowest BCUT2D eigenvalue weighted by atomic mass is 10.1. The van der Waals surface area contributed by atoms with Gasteiger partial charge in [0.2, 0.25) is 12.3 Å². The molecule has 0 unspecified atom stereocenters. The first-order chi connectivity index (χ1) is 12.0. The molecule has 25 heavy (non-hydrogen) atoms. The Morgan fingerprint density at radius 2 is 1.92 bits per heavy atom. The molecule has 5 nitrogen and oxygen atoms in total. The third-order valence-electron chi connectivity index (χ3n) is 3.61. The molecule has 3 aromatic rings. The van der Waals surface area contributed by atoms with Gasteiger partial charge < -0.3 is 9.73 Å². The maximum Gasteiger partial charge on any atom is 0.251 e.